The van der Waals surface area contributed by atoms with Crippen LogP contribution in [-0.2, 0) is 13.0 Å². The lowest BCUT2D eigenvalue weighted by Gasteiger charge is -2.11. The number of ketones is 1. The summed E-state index contributed by atoms with van der Waals surface area (Å²) in [6, 6.07) is 17.5. The lowest BCUT2D eigenvalue weighted by Crippen LogP contribution is -2.20. The van der Waals surface area contributed by atoms with Crippen LogP contribution in [-0.4, -0.2) is 25.8 Å². The molecule has 0 aliphatic carbocycles. The van der Waals surface area contributed by atoms with Crippen molar-refractivity contribution in [2.45, 2.75) is 37.2 Å². The van der Waals surface area contributed by atoms with Gasteiger partial charge in [0.25, 0.3) is 0 Å². The second-order valence-electron chi connectivity index (χ2n) is 6.19. The van der Waals surface area contributed by atoms with Gasteiger partial charge in [-0.2, -0.15) is 0 Å². The average molecular weight is 367 g/mol. The van der Waals surface area contributed by atoms with E-state index in [4.69, 9.17) is 0 Å². The van der Waals surface area contributed by atoms with Crippen molar-refractivity contribution in [2.24, 2.45) is 0 Å². The Kier molecular flexibility index (Phi) is 5.73. The third-order valence-electron chi connectivity index (χ3n) is 4.18. The van der Waals surface area contributed by atoms with Crippen LogP contribution < -0.4 is 5.69 Å². The molecular formula is C20H21N3O2S. The number of aromatic nitrogens is 3. The molecule has 0 saturated heterocycles. The van der Waals surface area contributed by atoms with Gasteiger partial charge in [0.15, 0.2) is 10.9 Å². The average Bonchev–Trinajstić information content (AvgIpc) is 3.00. The number of carbonyl (C=O) groups excluding carboxylic acids is 1. The highest BCUT2D eigenvalue weighted by molar-refractivity contribution is 8.00. The van der Waals surface area contributed by atoms with Crippen molar-refractivity contribution < 1.29 is 4.79 Å². The van der Waals surface area contributed by atoms with Gasteiger partial charge in [0.2, 0.25) is 0 Å². The van der Waals surface area contributed by atoms with Gasteiger partial charge in [-0.1, -0.05) is 71.9 Å². The van der Waals surface area contributed by atoms with E-state index in [9.17, 15) is 9.59 Å². The summed E-state index contributed by atoms with van der Waals surface area (Å²) < 4.78 is 1.59. The lowest BCUT2D eigenvalue weighted by atomic mass is 10.1. The number of aryl methyl sites for hydroxylation is 2. The summed E-state index contributed by atoms with van der Waals surface area (Å²) in [4.78, 5) is 24.7. The summed E-state index contributed by atoms with van der Waals surface area (Å²) in [7, 11) is 0. The molecule has 0 aliphatic heterocycles. The molecule has 1 N–H and O–H groups in total. The first-order chi connectivity index (χ1) is 12.5. The minimum Gasteiger partial charge on any atom is -0.293 e. The molecule has 26 heavy (non-hydrogen) atoms. The molecule has 0 saturated carbocycles. The molecule has 3 aromatic rings. The molecule has 0 bridgehead atoms. The van der Waals surface area contributed by atoms with Gasteiger partial charge in [0, 0.05) is 12.1 Å². The second kappa shape index (κ2) is 8.19. The fourth-order valence-corrected chi connectivity index (χ4v) is 3.60. The summed E-state index contributed by atoms with van der Waals surface area (Å²) in [5, 5.41) is 6.80. The van der Waals surface area contributed by atoms with Crippen molar-refractivity contribution in [1.82, 2.24) is 14.8 Å². The van der Waals surface area contributed by atoms with Crippen molar-refractivity contribution in [3.63, 3.8) is 0 Å². The fourth-order valence-electron chi connectivity index (χ4n) is 2.64. The van der Waals surface area contributed by atoms with Gasteiger partial charge in [-0.25, -0.2) is 9.89 Å². The van der Waals surface area contributed by atoms with Crippen LogP contribution >= 0.6 is 11.8 Å². The standard InChI is InChI=1S/C20H21N3O2S/c1-14-8-10-17(11-9-14)18(24)15(2)26-20-22-21-19(25)23(20)13-12-16-6-4-3-5-7-16/h3-11,15H,12-13H2,1-2H3,(H,21,25). The van der Waals surface area contributed by atoms with Crippen LogP contribution in [0.2, 0.25) is 0 Å². The number of carbonyl (C=O) groups is 1. The number of H-pyrrole nitrogens is 1. The molecule has 6 heteroatoms. The van der Waals surface area contributed by atoms with Crippen molar-refractivity contribution in [3.05, 3.63) is 81.8 Å². The van der Waals surface area contributed by atoms with E-state index < -0.39 is 0 Å². The quantitative estimate of drug-likeness (QED) is 0.513. The van der Waals surface area contributed by atoms with E-state index in [2.05, 4.69) is 10.2 Å². The van der Waals surface area contributed by atoms with Crippen molar-refractivity contribution in [1.29, 1.82) is 0 Å². The number of hydrogen-bond donors (Lipinski definition) is 1. The minimum absolute atomic E-state index is 0.0278. The maximum Gasteiger partial charge on any atom is 0.343 e. The van der Waals surface area contributed by atoms with Crippen LogP contribution in [0.3, 0.4) is 0 Å². The Morgan fingerprint density at radius 3 is 2.54 bits per heavy atom. The highest BCUT2D eigenvalue weighted by Crippen LogP contribution is 2.23. The Balaban J connectivity index is 1.70. The molecule has 3 rings (SSSR count). The first-order valence-electron chi connectivity index (χ1n) is 8.51. The number of rotatable bonds is 7. The number of nitrogens with one attached hydrogen (secondary N) is 1. The SMILES string of the molecule is Cc1ccc(C(=O)C(C)Sc2n[nH]c(=O)n2CCc2ccccc2)cc1. The molecule has 0 amide bonds. The second-order valence-corrected chi connectivity index (χ2v) is 7.50. The molecule has 1 aromatic heterocycles. The third-order valence-corrected chi connectivity index (χ3v) is 5.27. The maximum absolute atomic E-state index is 12.6. The largest absolute Gasteiger partial charge is 0.343 e. The van der Waals surface area contributed by atoms with Gasteiger partial charge in [0.1, 0.15) is 0 Å². The van der Waals surface area contributed by atoms with Crippen molar-refractivity contribution >= 4 is 17.5 Å². The third kappa shape index (κ3) is 4.32. The molecule has 5 nitrogen and oxygen atoms in total. The van der Waals surface area contributed by atoms with Gasteiger partial charge < -0.3 is 0 Å². The molecule has 0 aliphatic rings. The molecular weight excluding hydrogens is 346 g/mol. The Morgan fingerprint density at radius 1 is 1.15 bits per heavy atom. The van der Waals surface area contributed by atoms with Gasteiger partial charge in [-0.3, -0.25) is 9.36 Å². The molecule has 134 valence electrons. The van der Waals surface area contributed by atoms with Crippen LogP contribution in [0.5, 0.6) is 0 Å². The molecule has 0 radical (unpaired) electrons. The van der Waals surface area contributed by atoms with Gasteiger partial charge in [-0.05, 0) is 25.8 Å². The Hall–Kier alpha value is -2.60. The Labute approximate surface area is 156 Å². The Bertz CT molecular complexity index is 930. The molecule has 2 aromatic carbocycles. The highest BCUT2D eigenvalue weighted by atomic mass is 32.2. The number of Topliss-reactive ketones (excluding diaryl/α,β-unsaturated/α-hetero) is 1. The van der Waals surface area contributed by atoms with Crippen LogP contribution in [0.1, 0.15) is 28.4 Å². The van der Waals surface area contributed by atoms with E-state index in [0.29, 0.717) is 17.3 Å². The number of hydrogen-bond acceptors (Lipinski definition) is 4. The predicted molar refractivity (Wildman–Crippen MR) is 104 cm³/mol. The van der Waals surface area contributed by atoms with Crippen LogP contribution in [0, 0.1) is 6.92 Å². The van der Waals surface area contributed by atoms with E-state index in [0.717, 1.165) is 17.5 Å². The topological polar surface area (TPSA) is 67.8 Å². The molecule has 0 spiro atoms. The molecule has 0 fully saturated rings. The van der Waals surface area contributed by atoms with Crippen molar-refractivity contribution in [3.8, 4) is 0 Å². The molecule has 1 heterocycles. The Morgan fingerprint density at radius 2 is 1.85 bits per heavy atom. The van der Waals surface area contributed by atoms with E-state index in [1.54, 1.807) is 4.57 Å². The first-order valence-corrected chi connectivity index (χ1v) is 9.39. The zero-order valence-electron chi connectivity index (χ0n) is 14.8. The van der Waals surface area contributed by atoms with Crippen LogP contribution in [0.4, 0.5) is 0 Å². The zero-order chi connectivity index (χ0) is 18.5. The van der Waals surface area contributed by atoms with Crippen molar-refractivity contribution in [2.75, 3.05) is 0 Å². The fraction of sp³-hybridized carbons (Fsp3) is 0.250. The molecule has 1 atom stereocenters. The summed E-state index contributed by atoms with van der Waals surface area (Å²) in [6.07, 6.45) is 0.730. The number of nitrogens with zero attached hydrogens (tertiary/aromatic N) is 2. The van der Waals surface area contributed by atoms with E-state index in [1.807, 2.05) is 68.4 Å². The predicted octanol–water partition coefficient (Wildman–Crippen LogP) is 3.49. The highest BCUT2D eigenvalue weighted by Gasteiger charge is 2.20. The maximum atomic E-state index is 12.6. The number of thioether (sulfide) groups is 1. The number of aromatic amines is 1. The molecule has 1 unspecified atom stereocenters. The van der Waals surface area contributed by atoms with E-state index in [-0.39, 0.29) is 16.7 Å². The zero-order valence-corrected chi connectivity index (χ0v) is 15.6. The van der Waals surface area contributed by atoms with Gasteiger partial charge >= 0.3 is 5.69 Å². The minimum atomic E-state index is -0.330. The monoisotopic (exact) mass is 367 g/mol. The van der Waals surface area contributed by atoms with E-state index >= 15 is 0 Å². The first kappa shape index (κ1) is 18.2. The summed E-state index contributed by atoms with van der Waals surface area (Å²) >= 11 is 1.30. The van der Waals surface area contributed by atoms with E-state index in [1.165, 1.54) is 11.8 Å². The summed E-state index contributed by atoms with van der Waals surface area (Å²) in [5.74, 6) is 0.0278. The summed E-state index contributed by atoms with van der Waals surface area (Å²) in [5.41, 5.74) is 2.69. The van der Waals surface area contributed by atoms with Crippen LogP contribution in [0.15, 0.2) is 64.5 Å². The normalized spacial score (nSPS) is 12.1. The summed E-state index contributed by atoms with van der Waals surface area (Å²) in [6.45, 7) is 4.35. The van der Waals surface area contributed by atoms with Gasteiger partial charge in [0.05, 0.1) is 5.25 Å². The van der Waals surface area contributed by atoms with Gasteiger partial charge in [-0.15, -0.1) is 5.10 Å². The lowest BCUT2D eigenvalue weighted by molar-refractivity contribution is 0.0994. The van der Waals surface area contributed by atoms with Crippen LogP contribution in [0.25, 0.3) is 0 Å². The number of benzene rings is 2. The smallest absolute Gasteiger partial charge is 0.293 e.